The number of ether oxygens (including phenoxy) is 1. The lowest BCUT2D eigenvalue weighted by molar-refractivity contribution is 0.340. The summed E-state index contributed by atoms with van der Waals surface area (Å²) in [4.78, 5) is 4.31. The van der Waals surface area contributed by atoms with Crippen molar-refractivity contribution in [2.45, 2.75) is 18.2 Å². The average molecular weight is 346 g/mol. The molecule has 2 aromatic carbocycles. The highest BCUT2D eigenvalue weighted by Crippen LogP contribution is 2.17. The first kappa shape index (κ1) is 16.5. The lowest BCUT2D eigenvalue weighted by Gasteiger charge is -2.08. The molecule has 0 saturated carbocycles. The lowest BCUT2D eigenvalue weighted by Crippen LogP contribution is -2.25. The molecule has 0 unspecified atom stereocenters. The second-order valence-electron chi connectivity index (χ2n) is 5.21. The molecule has 0 aliphatic carbocycles. The maximum Gasteiger partial charge on any atom is 0.240 e. The molecule has 0 aliphatic rings. The number of benzene rings is 2. The summed E-state index contributed by atoms with van der Waals surface area (Å²) < 4.78 is 37.7. The number of hydrogen-bond donors (Lipinski definition) is 1. The molecule has 3 rings (SSSR count). The molecule has 126 valence electrons. The Hall–Kier alpha value is -2.38. The Balaban J connectivity index is 1.61. The number of fused-ring (bicyclic) bond motifs is 1. The number of hydrogen-bond acceptors (Lipinski definition) is 5. The van der Waals surface area contributed by atoms with Gasteiger partial charge in [0, 0.05) is 6.54 Å². The zero-order valence-corrected chi connectivity index (χ0v) is 14.0. The minimum atomic E-state index is -3.53. The summed E-state index contributed by atoms with van der Waals surface area (Å²) in [5.74, 6) is 0.650. The number of rotatable bonds is 7. The Morgan fingerprint density at radius 1 is 1.17 bits per heavy atom. The largest absolute Gasteiger partial charge is 0.494 e. The molecule has 3 aromatic rings. The zero-order chi connectivity index (χ0) is 17.0. The van der Waals surface area contributed by atoms with Gasteiger partial charge >= 0.3 is 0 Å². The second kappa shape index (κ2) is 7.02. The third-order valence-electron chi connectivity index (χ3n) is 3.55. The summed E-state index contributed by atoms with van der Waals surface area (Å²) in [7, 11) is -3.53. The van der Waals surface area contributed by atoms with Crippen LogP contribution in [-0.4, -0.2) is 26.6 Å². The fourth-order valence-electron chi connectivity index (χ4n) is 2.35. The van der Waals surface area contributed by atoms with Crippen LogP contribution >= 0.6 is 0 Å². The average Bonchev–Trinajstić information content (AvgIpc) is 3.03. The molecule has 0 atom stereocenters. The molecule has 0 fully saturated rings. The van der Waals surface area contributed by atoms with Crippen LogP contribution in [0.15, 0.2) is 58.2 Å². The molecule has 0 bridgehead atoms. The van der Waals surface area contributed by atoms with E-state index < -0.39 is 10.0 Å². The maximum absolute atomic E-state index is 12.3. The van der Waals surface area contributed by atoms with Crippen LogP contribution in [0.5, 0.6) is 5.75 Å². The van der Waals surface area contributed by atoms with Gasteiger partial charge in [-0.25, -0.2) is 18.1 Å². The molecule has 7 heteroatoms. The Labute approximate surface area is 140 Å². The van der Waals surface area contributed by atoms with E-state index in [9.17, 15) is 8.42 Å². The van der Waals surface area contributed by atoms with Crippen molar-refractivity contribution in [1.82, 2.24) is 9.71 Å². The summed E-state index contributed by atoms with van der Waals surface area (Å²) in [6.07, 6.45) is 1.96. The molecule has 0 aliphatic heterocycles. The van der Waals surface area contributed by atoms with Crippen LogP contribution in [0.1, 0.15) is 12.5 Å². The Morgan fingerprint density at radius 3 is 2.71 bits per heavy atom. The zero-order valence-electron chi connectivity index (χ0n) is 13.2. The van der Waals surface area contributed by atoms with Gasteiger partial charge < -0.3 is 9.15 Å². The van der Waals surface area contributed by atoms with E-state index in [1.54, 1.807) is 12.1 Å². The van der Waals surface area contributed by atoms with Gasteiger partial charge in [-0.2, -0.15) is 0 Å². The van der Waals surface area contributed by atoms with Gasteiger partial charge in [-0.05, 0) is 55.3 Å². The van der Waals surface area contributed by atoms with Crippen molar-refractivity contribution >= 4 is 21.1 Å². The molecule has 0 radical (unpaired) electrons. The number of nitrogens with zero attached hydrogens (tertiary/aromatic N) is 1. The molecular weight excluding hydrogens is 328 g/mol. The summed E-state index contributed by atoms with van der Waals surface area (Å²) >= 11 is 0. The fourth-order valence-corrected chi connectivity index (χ4v) is 3.39. The Bertz CT molecular complexity index is 917. The Morgan fingerprint density at radius 2 is 1.96 bits per heavy atom. The highest BCUT2D eigenvalue weighted by atomic mass is 32.2. The van der Waals surface area contributed by atoms with E-state index in [0.29, 0.717) is 30.9 Å². The second-order valence-corrected chi connectivity index (χ2v) is 6.97. The van der Waals surface area contributed by atoms with E-state index in [0.717, 1.165) is 11.1 Å². The standard InChI is InChI=1S/C17H18N2O4S/c1-2-22-14-4-6-15(7-5-14)24(20,21)19-10-9-13-3-8-17-16(11-13)18-12-23-17/h3-8,11-12,19H,2,9-10H2,1H3. The molecule has 0 saturated heterocycles. The monoisotopic (exact) mass is 346 g/mol. The van der Waals surface area contributed by atoms with Crippen molar-refractivity contribution in [3.05, 3.63) is 54.4 Å². The normalized spacial score (nSPS) is 11.7. The smallest absolute Gasteiger partial charge is 0.240 e. The summed E-state index contributed by atoms with van der Waals surface area (Å²) in [5.41, 5.74) is 2.47. The van der Waals surface area contributed by atoms with Gasteiger partial charge in [0.1, 0.15) is 11.3 Å². The predicted molar refractivity (Wildman–Crippen MR) is 90.5 cm³/mol. The van der Waals surface area contributed by atoms with E-state index >= 15 is 0 Å². The third-order valence-corrected chi connectivity index (χ3v) is 5.02. The minimum Gasteiger partial charge on any atom is -0.494 e. The molecule has 0 amide bonds. The molecular formula is C17H18N2O4S. The van der Waals surface area contributed by atoms with Gasteiger partial charge in [0.25, 0.3) is 0 Å². The van der Waals surface area contributed by atoms with Crippen molar-refractivity contribution in [1.29, 1.82) is 0 Å². The molecule has 24 heavy (non-hydrogen) atoms. The van der Waals surface area contributed by atoms with Crippen molar-refractivity contribution in [2.24, 2.45) is 0 Å². The van der Waals surface area contributed by atoms with Gasteiger partial charge in [-0.15, -0.1) is 0 Å². The summed E-state index contributed by atoms with van der Waals surface area (Å²) in [6, 6.07) is 12.0. The summed E-state index contributed by atoms with van der Waals surface area (Å²) in [5, 5.41) is 0. The Kier molecular flexibility index (Phi) is 4.82. The fraction of sp³-hybridized carbons (Fsp3) is 0.235. The van der Waals surface area contributed by atoms with Gasteiger partial charge in [0.05, 0.1) is 11.5 Å². The van der Waals surface area contributed by atoms with Crippen LogP contribution in [-0.2, 0) is 16.4 Å². The maximum atomic E-state index is 12.3. The first-order valence-electron chi connectivity index (χ1n) is 7.63. The molecule has 6 nitrogen and oxygen atoms in total. The summed E-state index contributed by atoms with van der Waals surface area (Å²) in [6.45, 7) is 2.72. The quantitative estimate of drug-likeness (QED) is 0.711. The van der Waals surface area contributed by atoms with E-state index in [-0.39, 0.29) is 4.90 Å². The molecule has 1 aromatic heterocycles. The van der Waals surface area contributed by atoms with Crippen LogP contribution in [0.4, 0.5) is 0 Å². The van der Waals surface area contributed by atoms with Crippen molar-refractivity contribution in [3.8, 4) is 5.75 Å². The van der Waals surface area contributed by atoms with Crippen LogP contribution in [0.3, 0.4) is 0 Å². The predicted octanol–water partition coefficient (Wildman–Crippen LogP) is 2.75. The van der Waals surface area contributed by atoms with E-state index in [2.05, 4.69) is 9.71 Å². The van der Waals surface area contributed by atoms with Crippen LogP contribution in [0, 0.1) is 0 Å². The van der Waals surface area contributed by atoms with Crippen molar-refractivity contribution in [2.75, 3.05) is 13.2 Å². The third kappa shape index (κ3) is 3.74. The van der Waals surface area contributed by atoms with Gasteiger partial charge in [-0.1, -0.05) is 6.07 Å². The lowest BCUT2D eigenvalue weighted by atomic mass is 10.1. The van der Waals surface area contributed by atoms with E-state index in [4.69, 9.17) is 9.15 Å². The number of nitrogens with one attached hydrogen (secondary N) is 1. The topological polar surface area (TPSA) is 81.4 Å². The van der Waals surface area contributed by atoms with Crippen molar-refractivity contribution in [3.63, 3.8) is 0 Å². The van der Waals surface area contributed by atoms with Crippen LogP contribution in [0.25, 0.3) is 11.1 Å². The minimum absolute atomic E-state index is 0.220. The van der Waals surface area contributed by atoms with E-state index in [1.807, 2.05) is 25.1 Å². The number of sulfonamides is 1. The first-order chi connectivity index (χ1) is 11.6. The number of aromatic nitrogens is 1. The first-order valence-corrected chi connectivity index (χ1v) is 9.11. The highest BCUT2D eigenvalue weighted by Gasteiger charge is 2.13. The SMILES string of the molecule is CCOc1ccc(S(=O)(=O)NCCc2ccc3ocnc3c2)cc1. The molecule has 0 spiro atoms. The van der Waals surface area contributed by atoms with Gasteiger partial charge in [0.2, 0.25) is 10.0 Å². The van der Waals surface area contributed by atoms with Crippen molar-refractivity contribution < 1.29 is 17.6 Å². The molecule has 1 N–H and O–H groups in total. The molecule has 1 heterocycles. The highest BCUT2D eigenvalue weighted by molar-refractivity contribution is 7.89. The van der Waals surface area contributed by atoms with E-state index in [1.165, 1.54) is 18.5 Å². The van der Waals surface area contributed by atoms with Gasteiger partial charge in [-0.3, -0.25) is 0 Å². The van der Waals surface area contributed by atoms with Crippen LogP contribution < -0.4 is 9.46 Å². The number of oxazole rings is 1. The van der Waals surface area contributed by atoms with Gasteiger partial charge in [0.15, 0.2) is 12.0 Å². The van der Waals surface area contributed by atoms with Crippen LogP contribution in [0.2, 0.25) is 0 Å².